The van der Waals surface area contributed by atoms with Crippen molar-refractivity contribution in [2.75, 3.05) is 60.9 Å². The third-order valence-corrected chi connectivity index (χ3v) is 5.65. The molecule has 168 valence electrons. The molecule has 2 amide bonds. The van der Waals surface area contributed by atoms with E-state index < -0.39 is 0 Å². The number of amides is 2. The molecule has 0 spiro atoms. The van der Waals surface area contributed by atoms with Gasteiger partial charge in [-0.25, -0.2) is 4.39 Å². The van der Waals surface area contributed by atoms with Crippen LogP contribution in [0.1, 0.15) is 31.2 Å². The van der Waals surface area contributed by atoms with E-state index in [0.717, 1.165) is 38.0 Å². The van der Waals surface area contributed by atoms with E-state index in [1.54, 1.807) is 20.2 Å². The summed E-state index contributed by atoms with van der Waals surface area (Å²) in [6, 6.07) is 6.94. The lowest BCUT2D eigenvalue weighted by molar-refractivity contribution is -0.136. The number of carbonyl (C=O) groups is 2. The molecule has 1 atom stereocenters. The van der Waals surface area contributed by atoms with Crippen LogP contribution in [0.2, 0.25) is 0 Å². The Bertz CT molecular complexity index is 696. The maximum Gasteiger partial charge on any atom is 0.223 e. The second-order valence-corrected chi connectivity index (χ2v) is 8.77. The van der Waals surface area contributed by atoms with Crippen LogP contribution in [-0.2, 0) is 16.1 Å². The molecule has 1 heterocycles. The van der Waals surface area contributed by atoms with Crippen LogP contribution < -0.4 is 0 Å². The first-order valence-electron chi connectivity index (χ1n) is 10.8. The summed E-state index contributed by atoms with van der Waals surface area (Å²) < 4.78 is 14.0. The molecule has 1 aromatic carbocycles. The van der Waals surface area contributed by atoms with Gasteiger partial charge in [0.05, 0.1) is 0 Å². The highest BCUT2D eigenvalue weighted by molar-refractivity contribution is 5.83. The van der Waals surface area contributed by atoms with E-state index >= 15 is 0 Å². The van der Waals surface area contributed by atoms with Crippen LogP contribution in [0.4, 0.5) is 4.39 Å². The number of halogens is 1. The summed E-state index contributed by atoms with van der Waals surface area (Å²) in [4.78, 5) is 32.5. The number of hydrogen-bond donors (Lipinski definition) is 0. The largest absolute Gasteiger partial charge is 0.349 e. The Morgan fingerprint density at radius 3 is 2.43 bits per heavy atom. The van der Waals surface area contributed by atoms with Gasteiger partial charge in [-0.05, 0) is 45.5 Å². The fourth-order valence-corrected chi connectivity index (χ4v) is 3.86. The van der Waals surface area contributed by atoms with Crippen LogP contribution in [-0.4, -0.2) is 92.3 Å². The van der Waals surface area contributed by atoms with Crippen molar-refractivity contribution in [3.05, 3.63) is 35.6 Å². The molecule has 0 aliphatic carbocycles. The molecule has 1 fully saturated rings. The summed E-state index contributed by atoms with van der Waals surface area (Å²) in [5, 5.41) is 0. The van der Waals surface area contributed by atoms with Gasteiger partial charge in [0.1, 0.15) is 5.82 Å². The minimum absolute atomic E-state index is 0.0235. The number of likely N-dealkylation sites (N-methyl/N-ethyl adjacent to an activating group) is 1. The third kappa shape index (κ3) is 8.03. The van der Waals surface area contributed by atoms with Crippen molar-refractivity contribution in [1.29, 1.82) is 0 Å². The van der Waals surface area contributed by atoms with Gasteiger partial charge >= 0.3 is 0 Å². The van der Waals surface area contributed by atoms with Crippen molar-refractivity contribution in [3.8, 4) is 0 Å². The smallest absolute Gasteiger partial charge is 0.223 e. The Morgan fingerprint density at radius 1 is 1.07 bits per heavy atom. The Morgan fingerprint density at radius 2 is 1.77 bits per heavy atom. The molecule has 0 radical (unpaired) electrons. The average molecular weight is 421 g/mol. The van der Waals surface area contributed by atoms with Gasteiger partial charge in [-0.3, -0.25) is 14.5 Å². The maximum absolute atomic E-state index is 14.0. The van der Waals surface area contributed by atoms with E-state index in [1.165, 1.54) is 11.0 Å². The highest BCUT2D eigenvalue weighted by Gasteiger charge is 2.25. The number of hydrogen-bond acceptors (Lipinski definition) is 4. The van der Waals surface area contributed by atoms with Crippen molar-refractivity contribution in [3.63, 3.8) is 0 Å². The molecule has 7 heteroatoms. The molecule has 1 aliphatic heterocycles. The number of likely N-dealkylation sites (tertiary alicyclic amines) is 1. The Labute approximate surface area is 180 Å². The van der Waals surface area contributed by atoms with Gasteiger partial charge in [0.25, 0.3) is 0 Å². The van der Waals surface area contributed by atoms with Gasteiger partial charge < -0.3 is 14.7 Å². The molecule has 2 rings (SSSR count). The highest BCUT2D eigenvalue weighted by atomic mass is 19.1. The first kappa shape index (κ1) is 24.3. The normalized spacial score (nSPS) is 17.2. The summed E-state index contributed by atoms with van der Waals surface area (Å²) in [6.07, 6.45) is 2.61. The summed E-state index contributed by atoms with van der Waals surface area (Å²) in [7, 11) is 7.41. The fraction of sp³-hybridized carbons (Fsp3) is 0.652. The molecular weight excluding hydrogens is 383 g/mol. The number of carbonyl (C=O) groups excluding carboxylic acids is 2. The van der Waals surface area contributed by atoms with E-state index in [9.17, 15) is 14.0 Å². The zero-order valence-electron chi connectivity index (χ0n) is 18.9. The van der Waals surface area contributed by atoms with Crippen molar-refractivity contribution >= 4 is 11.8 Å². The van der Waals surface area contributed by atoms with E-state index in [-0.39, 0.29) is 30.5 Å². The lowest BCUT2D eigenvalue weighted by atomic mass is 9.96. The molecule has 1 saturated heterocycles. The molecule has 0 aromatic heterocycles. The molecule has 0 N–H and O–H groups in total. The molecule has 1 unspecified atom stereocenters. The Hall–Kier alpha value is -1.99. The first-order valence-corrected chi connectivity index (χ1v) is 10.8. The van der Waals surface area contributed by atoms with Gasteiger partial charge in [0, 0.05) is 65.2 Å². The SMILES string of the molecule is CN(C)CCN(CC1CCCN(Cc2ccccc2F)C1)C(=O)CCC(=O)N(C)C. The predicted octanol–water partition coefficient (Wildman–Crippen LogP) is 2.30. The van der Waals surface area contributed by atoms with Crippen LogP contribution in [0.5, 0.6) is 0 Å². The second-order valence-electron chi connectivity index (χ2n) is 8.77. The first-order chi connectivity index (χ1) is 14.3. The van der Waals surface area contributed by atoms with Gasteiger partial charge in [0.15, 0.2) is 0 Å². The van der Waals surface area contributed by atoms with Crippen molar-refractivity contribution in [2.24, 2.45) is 5.92 Å². The van der Waals surface area contributed by atoms with E-state index in [4.69, 9.17) is 0 Å². The monoisotopic (exact) mass is 420 g/mol. The minimum Gasteiger partial charge on any atom is -0.349 e. The third-order valence-electron chi connectivity index (χ3n) is 5.65. The number of piperidine rings is 1. The van der Waals surface area contributed by atoms with Crippen LogP contribution >= 0.6 is 0 Å². The zero-order valence-corrected chi connectivity index (χ0v) is 18.9. The van der Waals surface area contributed by atoms with Gasteiger partial charge in [-0.2, -0.15) is 0 Å². The molecule has 1 aromatic rings. The summed E-state index contributed by atoms with van der Waals surface area (Å²) >= 11 is 0. The minimum atomic E-state index is -0.159. The molecule has 0 bridgehead atoms. The predicted molar refractivity (Wildman–Crippen MR) is 117 cm³/mol. The average Bonchev–Trinajstić information content (AvgIpc) is 2.70. The number of benzene rings is 1. The summed E-state index contributed by atoms with van der Waals surface area (Å²) in [6.45, 7) is 4.55. The molecule has 30 heavy (non-hydrogen) atoms. The van der Waals surface area contributed by atoms with Crippen LogP contribution in [0.3, 0.4) is 0 Å². The second kappa shape index (κ2) is 12.0. The van der Waals surface area contributed by atoms with Crippen LogP contribution in [0, 0.1) is 11.7 Å². The maximum atomic E-state index is 14.0. The number of rotatable bonds is 10. The lowest BCUT2D eigenvalue weighted by Gasteiger charge is -2.36. The van der Waals surface area contributed by atoms with Gasteiger partial charge in [0.2, 0.25) is 11.8 Å². The summed E-state index contributed by atoms with van der Waals surface area (Å²) in [5.74, 6) is 0.220. The molecular formula is C23H37FN4O2. The molecule has 1 aliphatic rings. The van der Waals surface area contributed by atoms with Crippen LogP contribution in [0.15, 0.2) is 24.3 Å². The lowest BCUT2D eigenvalue weighted by Crippen LogP contribution is -2.44. The van der Waals surface area contributed by atoms with Gasteiger partial charge in [-0.15, -0.1) is 0 Å². The molecule has 6 nitrogen and oxygen atoms in total. The molecule has 0 saturated carbocycles. The highest BCUT2D eigenvalue weighted by Crippen LogP contribution is 2.21. The summed E-state index contributed by atoms with van der Waals surface area (Å²) in [5.41, 5.74) is 0.723. The Balaban J connectivity index is 1.95. The van der Waals surface area contributed by atoms with E-state index in [1.807, 2.05) is 31.1 Å². The van der Waals surface area contributed by atoms with Crippen molar-refractivity contribution in [2.45, 2.75) is 32.2 Å². The fourth-order valence-electron chi connectivity index (χ4n) is 3.86. The topological polar surface area (TPSA) is 47.1 Å². The van der Waals surface area contributed by atoms with Gasteiger partial charge in [-0.1, -0.05) is 18.2 Å². The standard InChI is InChI=1S/C23H37FN4O2/c1-25(2)14-15-28(23(30)12-11-22(29)26(3)4)17-19-8-7-13-27(16-19)18-20-9-5-6-10-21(20)24/h5-6,9-10,19H,7-8,11-18H2,1-4H3. The van der Waals surface area contributed by atoms with Crippen molar-refractivity contribution in [1.82, 2.24) is 19.6 Å². The van der Waals surface area contributed by atoms with Crippen LogP contribution in [0.25, 0.3) is 0 Å². The number of nitrogens with zero attached hydrogens (tertiary/aromatic N) is 4. The van der Waals surface area contributed by atoms with E-state index in [2.05, 4.69) is 9.80 Å². The van der Waals surface area contributed by atoms with E-state index in [0.29, 0.717) is 25.6 Å². The Kier molecular flexibility index (Phi) is 9.72. The quantitative estimate of drug-likeness (QED) is 0.583. The van der Waals surface area contributed by atoms with Crippen molar-refractivity contribution < 1.29 is 14.0 Å². The zero-order chi connectivity index (χ0) is 22.1.